The second-order valence-corrected chi connectivity index (χ2v) is 9.41. The average molecular weight is 471 g/mol. The van der Waals surface area contributed by atoms with Gasteiger partial charge in [-0.15, -0.1) is 0 Å². The van der Waals surface area contributed by atoms with Gasteiger partial charge in [-0.2, -0.15) is 17.6 Å². The lowest BCUT2D eigenvalue weighted by Crippen LogP contribution is -2.30. The van der Waals surface area contributed by atoms with Crippen molar-refractivity contribution >= 4 is 38.6 Å². The largest absolute Gasteiger partial charge is 0.466 e. The Hall–Kier alpha value is -1.29. The number of halogens is 4. The second kappa shape index (κ2) is 9.77. The summed E-state index contributed by atoms with van der Waals surface area (Å²) in [7, 11) is -1.78. The summed E-state index contributed by atoms with van der Waals surface area (Å²) in [6, 6.07) is 4.69. The molecule has 1 heterocycles. The van der Waals surface area contributed by atoms with E-state index in [0.717, 1.165) is 0 Å². The highest BCUT2D eigenvalue weighted by atomic mass is 79.9. The third-order valence-electron chi connectivity index (χ3n) is 3.35. The summed E-state index contributed by atoms with van der Waals surface area (Å²) < 4.78 is 61.2. The summed E-state index contributed by atoms with van der Waals surface area (Å²) in [5.74, 6) is -2.97. The first kappa shape index (κ1) is 23.7. The van der Waals surface area contributed by atoms with E-state index < -0.39 is 46.6 Å². The molecule has 0 spiro atoms. The molecule has 1 rings (SSSR count). The highest BCUT2D eigenvalue weighted by Crippen LogP contribution is 2.33. The predicted molar refractivity (Wildman–Crippen MR) is 102 cm³/mol. The third-order valence-corrected chi connectivity index (χ3v) is 5.22. The Morgan fingerprint density at radius 1 is 1.30 bits per heavy atom. The minimum atomic E-state index is -4.65. The molecule has 0 radical (unpaired) electrons. The standard InChI is InChI=1S/C17H22BrF3N2O3S/c1-5-26-15(24)10-11(17(19,20)21)9-13(23-27(25)16(2,3)4)12-7-6-8-14(18)22-12/h6-8,11H,5,9-10H2,1-4H3/b23-13-/t11-,27+/m0/s1. The number of alkyl halides is 3. The summed E-state index contributed by atoms with van der Waals surface area (Å²) in [5.41, 5.74) is 0.0938. The monoisotopic (exact) mass is 470 g/mol. The Labute approximate surface area is 167 Å². The molecule has 10 heteroatoms. The van der Waals surface area contributed by atoms with Crippen molar-refractivity contribution in [3.63, 3.8) is 0 Å². The van der Waals surface area contributed by atoms with Gasteiger partial charge in [0.1, 0.15) is 15.6 Å². The molecule has 0 fully saturated rings. The van der Waals surface area contributed by atoms with Crippen LogP contribution < -0.4 is 0 Å². The summed E-state index contributed by atoms with van der Waals surface area (Å²) in [6.45, 7) is 6.51. The quantitative estimate of drug-likeness (QED) is 0.331. The van der Waals surface area contributed by atoms with E-state index >= 15 is 0 Å². The van der Waals surface area contributed by atoms with Gasteiger partial charge >= 0.3 is 12.1 Å². The molecular formula is C17H22BrF3N2O3S. The van der Waals surface area contributed by atoms with Gasteiger partial charge in [0.05, 0.1) is 35.1 Å². The fraction of sp³-hybridized carbons (Fsp3) is 0.588. The zero-order valence-corrected chi connectivity index (χ0v) is 17.9. The maximum Gasteiger partial charge on any atom is 0.392 e. The number of hydrogen-bond acceptors (Lipinski definition) is 4. The summed E-state index contributed by atoms with van der Waals surface area (Å²) in [5, 5.41) is 0. The minimum absolute atomic E-state index is 0.00835. The minimum Gasteiger partial charge on any atom is -0.466 e. The van der Waals surface area contributed by atoms with Gasteiger partial charge in [-0.05, 0) is 55.8 Å². The number of hydrogen-bond donors (Lipinski definition) is 0. The molecule has 5 nitrogen and oxygen atoms in total. The van der Waals surface area contributed by atoms with E-state index in [1.807, 2.05) is 0 Å². The van der Waals surface area contributed by atoms with E-state index in [2.05, 4.69) is 30.0 Å². The number of esters is 1. The van der Waals surface area contributed by atoms with Crippen molar-refractivity contribution < 1.29 is 26.9 Å². The highest BCUT2D eigenvalue weighted by Gasteiger charge is 2.42. The Morgan fingerprint density at radius 3 is 2.41 bits per heavy atom. The van der Waals surface area contributed by atoms with E-state index in [4.69, 9.17) is 0 Å². The van der Waals surface area contributed by atoms with Crippen LogP contribution in [0.3, 0.4) is 0 Å². The number of rotatable bonds is 7. The van der Waals surface area contributed by atoms with Crippen LogP contribution in [0.4, 0.5) is 13.2 Å². The van der Waals surface area contributed by atoms with E-state index in [9.17, 15) is 22.2 Å². The van der Waals surface area contributed by atoms with Gasteiger partial charge in [-0.25, -0.2) is 9.19 Å². The smallest absolute Gasteiger partial charge is 0.392 e. The van der Waals surface area contributed by atoms with Crippen LogP contribution in [0.25, 0.3) is 0 Å². The Kier molecular flexibility index (Phi) is 8.59. The number of pyridine rings is 1. The Balaban J connectivity index is 3.29. The fourth-order valence-corrected chi connectivity index (χ4v) is 2.94. The lowest BCUT2D eigenvalue weighted by molar-refractivity contribution is -0.182. The average Bonchev–Trinajstić information content (AvgIpc) is 2.51. The van der Waals surface area contributed by atoms with Crippen LogP contribution in [-0.4, -0.2) is 38.4 Å². The third kappa shape index (κ3) is 8.08. The molecule has 0 saturated carbocycles. The zero-order chi connectivity index (χ0) is 20.8. The lowest BCUT2D eigenvalue weighted by Gasteiger charge is -2.21. The summed E-state index contributed by atoms with van der Waals surface area (Å²) >= 11 is 3.16. The molecule has 2 atom stereocenters. The van der Waals surface area contributed by atoms with Crippen molar-refractivity contribution in [3.8, 4) is 0 Å². The summed E-state index contributed by atoms with van der Waals surface area (Å²) in [4.78, 5) is 15.7. The number of carbonyl (C=O) groups excluding carboxylic acids is 1. The van der Waals surface area contributed by atoms with E-state index in [1.165, 1.54) is 13.0 Å². The van der Waals surface area contributed by atoms with Gasteiger partial charge in [0.2, 0.25) is 0 Å². The van der Waals surface area contributed by atoms with Crippen LogP contribution in [-0.2, 0) is 20.5 Å². The molecule has 0 saturated heterocycles. The molecule has 0 amide bonds. The van der Waals surface area contributed by atoms with Crippen molar-refractivity contribution in [2.45, 2.75) is 51.5 Å². The van der Waals surface area contributed by atoms with Gasteiger partial charge in [-0.1, -0.05) is 6.07 Å². The highest BCUT2D eigenvalue weighted by molar-refractivity contribution is 9.10. The van der Waals surface area contributed by atoms with Crippen molar-refractivity contribution in [3.05, 3.63) is 28.5 Å². The SMILES string of the molecule is CCOC(=O)C[C@H](C/C(=N/[S@](=O)C(C)(C)C)c1cccc(Br)n1)C(F)(F)F. The van der Waals surface area contributed by atoms with Gasteiger partial charge < -0.3 is 4.74 Å². The molecule has 1 aromatic rings. The molecule has 152 valence electrons. The molecule has 0 aliphatic carbocycles. The van der Waals surface area contributed by atoms with Gasteiger partial charge in [0, 0.05) is 6.42 Å². The van der Waals surface area contributed by atoms with Crippen molar-refractivity contribution in [1.82, 2.24) is 4.98 Å². The van der Waals surface area contributed by atoms with Crippen LogP contribution in [0.1, 0.15) is 46.2 Å². The molecule has 0 unspecified atom stereocenters. The van der Waals surface area contributed by atoms with E-state index in [-0.39, 0.29) is 18.0 Å². The maximum atomic E-state index is 13.5. The van der Waals surface area contributed by atoms with Crippen LogP contribution >= 0.6 is 15.9 Å². The topological polar surface area (TPSA) is 68.6 Å². The Morgan fingerprint density at radius 2 is 1.93 bits per heavy atom. The maximum absolute atomic E-state index is 13.5. The van der Waals surface area contributed by atoms with Gasteiger partial charge in [0.25, 0.3) is 0 Å². The first-order valence-electron chi connectivity index (χ1n) is 8.19. The molecule has 0 bridgehead atoms. The number of carbonyl (C=O) groups is 1. The van der Waals surface area contributed by atoms with Crippen molar-refractivity contribution in [2.24, 2.45) is 10.3 Å². The van der Waals surface area contributed by atoms with Gasteiger partial charge in [-0.3, -0.25) is 4.79 Å². The van der Waals surface area contributed by atoms with Crippen molar-refractivity contribution in [1.29, 1.82) is 0 Å². The van der Waals surface area contributed by atoms with Crippen LogP contribution in [0, 0.1) is 5.92 Å². The first-order chi connectivity index (χ1) is 12.3. The van der Waals surface area contributed by atoms with Crippen LogP contribution in [0.5, 0.6) is 0 Å². The zero-order valence-electron chi connectivity index (χ0n) is 15.5. The normalized spacial score (nSPS) is 15.3. The van der Waals surface area contributed by atoms with Crippen molar-refractivity contribution in [2.75, 3.05) is 6.61 Å². The summed E-state index contributed by atoms with van der Waals surface area (Å²) in [6.07, 6.45) is -6.12. The van der Waals surface area contributed by atoms with E-state index in [1.54, 1.807) is 32.9 Å². The van der Waals surface area contributed by atoms with E-state index in [0.29, 0.717) is 4.60 Å². The van der Waals surface area contributed by atoms with Crippen LogP contribution in [0.2, 0.25) is 0 Å². The van der Waals surface area contributed by atoms with Gasteiger partial charge in [0.15, 0.2) is 0 Å². The number of aromatic nitrogens is 1. The molecular weight excluding hydrogens is 449 g/mol. The molecule has 0 aromatic carbocycles. The lowest BCUT2D eigenvalue weighted by atomic mass is 9.96. The number of ether oxygens (including phenoxy) is 1. The predicted octanol–water partition coefficient (Wildman–Crippen LogP) is 4.62. The van der Waals surface area contributed by atoms with Crippen LogP contribution in [0.15, 0.2) is 27.2 Å². The first-order valence-corrected chi connectivity index (χ1v) is 10.1. The molecule has 0 aliphatic heterocycles. The Bertz CT molecular complexity index is 718. The molecule has 1 aromatic heterocycles. The molecule has 0 aliphatic rings. The second-order valence-electron chi connectivity index (χ2n) is 6.70. The molecule has 0 N–H and O–H groups in total. The fourth-order valence-electron chi connectivity index (χ4n) is 1.95. The number of nitrogens with zero attached hydrogens (tertiary/aromatic N) is 2. The molecule has 27 heavy (non-hydrogen) atoms.